The fourth-order valence-electron chi connectivity index (χ4n) is 2.05. The summed E-state index contributed by atoms with van der Waals surface area (Å²) in [5.41, 5.74) is 0.775. The second-order valence-corrected chi connectivity index (χ2v) is 5.51. The van der Waals surface area contributed by atoms with Crippen LogP contribution in [-0.2, 0) is 0 Å². The minimum absolute atomic E-state index is 0.0451. The predicted octanol–water partition coefficient (Wildman–Crippen LogP) is 2.16. The molecule has 1 aromatic rings. The number of nitrogens with one attached hydrogen (secondary N) is 2. The van der Waals surface area contributed by atoms with Crippen LogP contribution in [0.5, 0.6) is 0 Å². The molecule has 0 saturated carbocycles. The van der Waals surface area contributed by atoms with Crippen molar-refractivity contribution in [2.45, 2.75) is 25.3 Å². The Morgan fingerprint density at radius 3 is 3.00 bits per heavy atom. The van der Waals surface area contributed by atoms with Crippen molar-refractivity contribution in [1.82, 2.24) is 10.6 Å². The predicted molar refractivity (Wildman–Crippen MR) is 77.1 cm³/mol. The third-order valence-corrected chi connectivity index (χ3v) is 3.94. The van der Waals surface area contributed by atoms with Crippen molar-refractivity contribution >= 4 is 28.5 Å². The van der Waals surface area contributed by atoms with E-state index in [0.717, 1.165) is 28.6 Å². The first-order valence-electron chi connectivity index (χ1n) is 6.03. The summed E-state index contributed by atoms with van der Waals surface area (Å²) in [7, 11) is 0. The number of rotatable bonds is 2. The standard InChI is InChI=1S/C13H17IN2O/c14-12-7-2-1-6-11(12)13(17)16-10-5-3-4-8-15-9-10/h1-2,6-7,10,15H,3-5,8-9H2,(H,16,17). The Morgan fingerprint density at radius 1 is 1.35 bits per heavy atom. The Morgan fingerprint density at radius 2 is 2.18 bits per heavy atom. The summed E-state index contributed by atoms with van der Waals surface area (Å²) in [6, 6.07) is 7.96. The van der Waals surface area contributed by atoms with Crippen molar-refractivity contribution < 1.29 is 4.79 Å². The molecular weight excluding hydrogens is 327 g/mol. The zero-order valence-electron chi connectivity index (χ0n) is 9.71. The highest BCUT2D eigenvalue weighted by atomic mass is 127. The molecule has 17 heavy (non-hydrogen) atoms. The smallest absolute Gasteiger partial charge is 0.252 e. The summed E-state index contributed by atoms with van der Waals surface area (Å²) >= 11 is 2.20. The van der Waals surface area contributed by atoms with Gasteiger partial charge in [0.25, 0.3) is 5.91 Å². The third kappa shape index (κ3) is 3.67. The fraction of sp³-hybridized carbons (Fsp3) is 0.462. The van der Waals surface area contributed by atoms with Crippen LogP contribution in [0.15, 0.2) is 24.3 Å². The van der Waals surface area contributed by atoms with Crippen LogP contribution < -0.4 is 10.6 Å². The zero-order chi connectivity index (χ0) is 12.1. The molecule has 1 unspecified atom stereocenters. The van der Waals surface area contributed by atoms with Crippen molar-refractivity contribution in [2.24, 2.45) is 0 Å². The van der Waals surface area contributed by atoms with Crippen molar-refractivity contribution in [3.05, 3.63) is 33.4 Å². The zero-order valence-corrected chi connectivity index (χ0v) is 11.9. The van der Waals surface area contributed by atoms with Crippen LogP contribution in [0.25, 0.3) is 0 Å². The first kappa shape index (κ1) is 12.8. The molecule has 0 bridgehead atoms. The molecule has 1 heterocycles. The van der Waals surface area contributed by atoms with Crippen molar-refractivity contribution in [1.29, 1.82) is 0 Å². The molecule has 3 nitrogen and oxygen atoms in total. The van der Waals surface area contributed by atoms with Crippen LogP contribution in [0.2, 0.25) is 0 Å². The van der Waals surface area contributed by atoms with Gasteiger partial charge in [-0.25, -0.2) is 0 Å². The van der Waals surface area contributed by atoms with E-state index < -0.39 is 0 Å². The molecule has 1 aliphatic heterocycles. The fourth-order valence-corrected chi connectivity index (χ4v) is 2.68. The molecule has 1 atom stereocenters. The highest BCUT2D eigenvalue weighted by Crippen LogP contribution is 2.12. The molecule has 0 spiro atoms. The maximum Gasteiger partial charge on any atom is 0.252 e. The number of amides is 1. The first-order chi connectivity index (χ1) is 8.27. The van der Waals surface area contributed by atoms with E-state index in [0.29, 0.717) is 0 Å². The molecule has 1 aliphatic rings. The maximum atomic E-state index is 12.1. The van der Waals surface area contributed by atoms with E-state index in [-0.39, 0.29) is 11.9 Å². The molecule has 2 N–H and O–H groups in total. The van der Waals surface area contributed by atoms with Gasteiger partial charge in [-0.2, -0.15) is 0 Å². The first-order valence-corrected chi connectivity index (χ1v) is 7.11. The van der Waals surface area contributed by atoms with Gasteiger partial charge in [-0.3, -0.25) is 4.79 Å². The minimum Gasteiger partial charge on any atom is -0.348 e. The third-order valence-electron chi connectivity index (χ3n) is 3.00. The molecule has 92 valence electrons. The Balaban J connectivity index is 1.98. The molecule has 1 fully saturated rings. The molecule has 2 rings (SSSR count). The summed E-state index contributed by atoms with van der Waals surface area (Å²) in [5.74, 6) is 0.0451. The van der Waals surface area contributed by atoms with Gasteiger partial charge in [0.05, 0.1) is 5.56 Å². The monoisotopic (exact) mass is 344 g/mol. The Hall–Kier alpha value is -0.620. The lowest BCUT2D eigenvalue weighted by molar-refractivity contribution is 0.0934. The molecule has 1 amide bonds. The minimum atomic E-state index is 0.0451. The number of carbonyl (C=O) groups is 1. The molecule has 0 aromatic heterocycles. The summed E-state index contributed by atoms with van der Waals surface area (Å²) < 4.78 is 1.00. The SMILES string of the molecule is O=C(NC1CCCCNC1)c1ccccc1I. The topological polar surface area (TPSA) is 41.1 Å². The normalized spacial score (nSPS) is 20.6. The number of hydrogen-bond donors (Lipinski definition) is 2. The largest absolute Gasteiger partial charge is 0.348 e. The van der Waals surface area contributed by atoms with Crippen LogP contribution >= 0.6 is 22.6 Å². The summed E-state index contributed by atoms with van der Waals surface area (Å²) in [6.45, 7) is 1.95. The van der Waals surface area contributed by atoms with Gasteiger partial charge in [0.1, 0.15) is 0 Å². The Labute approximate surface area is 116 Å². The van der Waals surface area contributed by atoms with Gasteiger partial charge in [-0.05, 0) is 54.1 Å². The van der Waals surface area contributed by atoms with E-state index in [4.69, 9.17) is 0 Å². The van der Waals surface area contributed by atoms with E-state index in [9.17, 15) is 4.79 Å². The van der Waals surface area contributed by atoms with E-state index >= 15 is 0 Å². The van der Waals surface area contributed by atoms with Crippen molar-refractivity contribution in [2.75, 3.05) is 13.1 Å². The van der Waals surface area contributed by atoms with Gasteiger partial charge in [-0.15, -0.1) is 0 Å². The van der Waals surface area contributed by atoms with Crippen LogP contribution in [0.4, 0.5) is 0 Å². The average molecular weight is 344 g/mol. The van der Waals surface area contributed by atoms with E-state index in [1.165, 1.54) is 12.8 Å². The van der Waals surface area contributed by atoms with Gasteiger partial charge >= 0.3 is 0 Å². The highest BCUT2D eigenvalue weighted by Gasteiger charge is 2.16. The van der Waals surface area contributed by atoms with Crippen molar-refractivity contribution in [3.8, 4) is 0 Å². The van der Waals surface area contributed by atoms with E-state index in [1.54, 1.807) is 0 Å². The van der Waals surface area contributed by atoms with Crippen LogP contribution in [0.3, 0.4) is 0 Å². The Kier molecular flexibility index (Phi) is 4.79. The second-order valence-electron chi connectivity index (χ2n) is 4.35. The summed E-state index contributed by atoms with van der Waals surface area (Å²) in [4.78, 5) is 12.1. The molecule has 0 aliphatic carbocycles. The maximum absolute atomic E-state index is 12.1. The van der Waals surface area contributed by atoms with Crippen LogP contribution in [-0.4, -0.2) is 25.0 Å². The number of hydrogen-bond acceptors (Lipinski definition) is 2. The van der Waals surface area contributed by atoms with Gasteiger partial charge in [0.15, 0.2) is 0 Å². The van der Waals surface area contributed by atoms with E-state index in [2.05, 4.69) is 33.2 Å². The molecule has 4 heteroatoms. The summed E-state index contributed by atoms with van der Waals surface area (Å²) in [6.07, 6.45) is 3.46. The molecule has 0 radical (unpaired) electrons. The lowest BCUT2D eigenvalue weighted by atomic mass is 10.1. The number of carbonyl (C=O) groups excluding carboxylic acids is 1. The number of halogens is 1. The lowest BCUT2D eigenvalue weighted by Gasteiger charge is -2.16. The van der Waals surface area contributed by atoms with Crippen molar-refractivity contribution in [3.63, 3.8) is 0 Å². The van der Waals surface area contributed by atoms with Crippen LogP contribution in [0.1, 0.15) is 29.6 Å². The highest BCUT2D eigenvalue weighted by molar-refractivity contribution is 14.1. The molecule has 1 aromatic carbocycles. The molecular formula is C13H17IN2O. The second kappa shape index (κ2) is 6.35. The van der Waals surface area contributed by atoms with Crippen LogP contribution in [0, 0.1) is 3.57 Å². The van der Waals surface area contributed by atoms with Gasteiger partial charge in [0, 0.05) is 16.2 Å². The summed E-state index contributed by atoms with van der Waals surface area (Å²) in [5, 5.41) is 6.46. The molecule has 1 saturated heterocycles. The Bertz CT molecular complexity index is 387. The van der Waals surface area contributed by atoms with Gasteiger partial charge in [-0.1, -0.05) is 18.6 Å². The quantitative estimate of drug-likeness (QED) is 0.808. The van der Waals surface area contributed by atoms with E-state index in [1.807, 2.05) is 24.3 Å². The average Bonchev–Trinajstić information content (AvgIpc) is 2.58. The lowest BCUT2D eigenvalue weighted by Crippen LogP contribution is -2.41. The van der Waals surface area contributed by atoms with Gasteiger partial charge < -0.3 is 10.6 Å². The number of benzene rings is 1. The van der Waals surface area contributed by atoms with Gasteiger partial charge in [0.2, 0.25) is 0 Å².